The lowest BCUT2D eigenvalue weighted by atomic mass is 9.88. The first-order valence-corrected chi connectivity index (χ1v) is 7.98. The molecule has 23 heavy (non-hydrogen) atoms. The molecule has 0 bridgehead atoms. The summed E-state index contributed by atoms with van der Waals surface area (Å²) in [7, 11) is 0. The van der Waals surface area contributed by atoms with E-state index in [2.05, 4.69) is 5.32 Å². The van der Waals surface area contributed by atoms with Crippen molar-refractivity contribution in [3.63, 3.8) is 0 Å². The van der Waals surface area contributed by atoms with Gasteiger partial charge in [-0.3, -0.25) is 4.90 Å². The number of piperazine rings is 1. The second-order valence-electron chi connectivity index (χ2n) is 6.26. The smallest absolute Gasteiger partial charge is 0.200 e. The SMILES string of the molecule is Fc1c(F)c(F)c([C@H](C2CCCC2)N2CCNCC2)c(F)c1F. The summed E-state index contributed by atoms with van der Waals surface area (Å²) in [4.78, 5) is 1.85. The van der Waals surface area contributed by atoms with Crippen molar-refractivity contribution < 1.29 is 22.0 Å². The van der Waals surface area contributed by atoms with E-state index in [0.29, 0.717) is 26.2 Å². The van der Waals surface area contributed by atoms with E-state index in [4.69, 9.17) is 0 Å². The summed E-state index contributed by atoms with van der Waals surface area (Å²) in [6.07, 6.45) is 3.33. The summed E-state index contributed by atoms with van der Waals surface area (Å²) in [5.74, 6) is -9.24. The Kier molecular flexibility index (Phi) is 4.87. The Hall–Kier alpha value is -1.21. The van der Waals surface area contributed by atoms with Gasteiger partial charge >= 0.3 is 0 Å². The lowest BCUT2D eigenvalue weighted by Gasteiger charge is -2.38. The van der Waals surface area contributed by atoms with Crippen LogP contribution < -0.4 is 5.32 Å². The van der Waals surface area contributed by atoms with Gasteiger partial charge in [0.1, 0.15) is 0 Å². The summed E-state index contributed by atoms with van der Waals surface area (Å²) >= 11 is 0. The molecule has 1 aromatic carbocycles. The van der Waals surface area contributed by atoms with Crippen LogP contribution in [0.25, 0.3) is 0 Å². The van der Waals surface area contributed by atoms with Gasteiger partial charge in [-0.15, -0.1) is 0 Å². The van der Waals surface area contributed by atoms with E-state index in [1.165, 1.54) is 0 Å². The van der Waals surface area contributed by atoms with Crippen molar-refractivity contribution in [2.75, 3.05) is 26.2 Å². The number of nitrogens with one attached hydrogen (secondary N) is 1. The molecule has 3 rings (SSSR count). The Morgan fingerprint density at radius 2 is 1.26 bits per heavy atom. The fourth-order valence-electron chi connectivity index (χ4n) is 3.83. The van der Waals surface area contributed by atoms with Crippen molar-refractivity contribution in [1.29, 1.82) is 0 Å². The molecule has 1 saturated heterocycles. The van der Waals surface area contributed by atoms with Crippen LogP contribution >= 0.6 is 0 Å². The molecule has 1 N–H and O–H groups in total. The van der Waals surface area contributed by atoms with E-state index >= 15 is 0 Å². The summed E-state index contributed by atoms with van der Waals surface area (Å²) in [5.41, 5.74) is -0.657. The van der Waals surface area contributed by atoms with Crippen molar-refractivity contribution in [2.24, 2.45) is 5.92 Å². The maximum absolute atomic E-state index is 14.3. The molecule has 1 saturated carbocycles. The van der Waals surface area contributed by atoms with Crippen LogP contribution in [-0.2, 0) is 0 Å². The van der Waals surface area contributed by atoms with Crippen LogP contribution in [0.1, 0.15) is 37.3 Å². The molecule has 2 fully saturated rings. The zero-order valence-corrected chi connectivity index (χ0v) is 12.6. The molecule has 0 spiro atoms. The molecule has 0 unspecified atom stereocenters. The summed E-state index contributed by atoms with van der Waals surface area (Å²) in [6.45, 7) is 2.33. The zero-order chi connectivity index (χ0) is 16.6. The Morgan fingerprint density at radius 3 is 1.78 bits per heavy atom. The van der Waals surface area contributed by atoms with E-state index in [1.807, 2.05) is 4.90 Å². The average Bonchev–Trinajstić information content (AvgIpc) is 3.10. The van der Waals surface area contributed by atoms with Gasteiger partial charge in [-0.05, 0) is 18.8 Å². The first kappa shape index (κ1) is 16.6. The van der Waals surface area contributed by atoms with Gasteiger partial charge in [0.25, 0.3) is 0 Å². The van der Waals surface area contributed by atoms with Crippen LogP contribution in [0.15, 0.2) is 0 Å². The van der Waals surface area contributed by atoms with Crippen LogP contribution in [0.5, 0.6) is 0 Å². The maximum Gasteiger partial charge on any atom is 0.200 e. The average molecular weight is 334 g/mol. The molecule has 0 amide bonds. The van der Waals surface area contributed by atoms with Crippen LogP contribution in [0, 0.1) is 35.0 Å². The van der Waals surface area contributed by atoms with Gasteiger partial charge in [-0.2, -0.15) is 0 Å². The number of benzene rings is 1. The fourth-order valence-corrected chi connectivity index (χ4v) is 3.83. The Bertz CT molecular complexity index is 551. The minimum atomic E-state index is -2.09. The number of rotatable bonds is 3. The molecule has 1 atom stereocenters. The second-order valence-corrected chi connectivity index (χ2v) is 6.26. The van der Waals surface area contributed by atoms with Crippen LogP contribution in [0.2, 0.25) is 0 Å². The highest BCUT2D eigenvalue weighted by atomic mass is 19.2. The number of nitrogens with zero attached hydrogens (tertiary/aromatic N) is 1. The highest BCUT2D eigenvalue weighted by Gasteiger charge is 2.38. The molecule has 0 aromatic heterocycles. The van der Waals surface area contributed by atoms with Gasteiger partial charge < -0.3 is 5.32 Å². The lowest BCUT2D eigenvalue weighted by Crippen LogP contribution is -2.47. The molecule has 7 heteroatoms. The first-order chi connectivity index (χ1) is 11.0. The van der Waals surface area contributed by atoms with E-state index in [0.717, 1.165) is 25.7 Å². The standard InChI is InChI=1S/C16H19F5N2/c17-11-10(12(18)14(20)15(21)13(11)19)16(9-3-1-2-4-9)23-7-5-22-6-8-23/h9,16,22H,1-8H2/t16-/m0/s1. The summed E-state index contributed by atoms with van der Waals surface area (Å²) < 4.78 is 69.2. The van der Waals surface area contributed by atoms with Crippen molar-refractivity contribution >= 4 is 0 Å². The molecule has 2 aliphatic rings. The third-order valence-electron chi connectivity index (χ3n) is 4.93. The zero-order valence-electron chi connectivity index (χ0n) is 12.6. The van der Waals surface area contributed by atoms with Gasteiger partial charge in [0.2, 0.25) is 5.82 Å². The topological polar surface area (TPSA) is 15.3 Å². The number of hydrogen-bond acceptors (Lipinski definition) is 2. The maximum atomic E-state index is 14.3. The third-order valence-corrected chi connectivity index (χ3v) is 4.93. The minimum Gasteiger partial charge on any atom is -0.314 e. The number of halogens is 5. The van der Waals surface area contributed by atoms with Gasteiger partial charge in [-0.25, -0.2) is 22.0 Å². The molecule has 1 aliphatic carbocycles. The molecule has 1 aromatic rings. The molecule has 1 aliphatic heterocycles. The van der Waals surface area contributed by atoms with Crippen LogP contribution in [0.4, 0.5) is 22.0 Å². The van der Waals surface area contributed by atoms with Crippen molar-refractivity contribution in [3.8, 4) is 0 Å². The quantitative estimate of drug-likeness (QED) is 0.517. The molecular formula is C16H19F5N2. The monoisotopic (exact) mass is 334 g/mol. The fraction of sp³-hybridized carbons (Fsp3) is 0.625. The molecule has 0 radical (unpaired) electrons. The first-order valence-electron chi connectivity index (χ1n) is 7.98. The Balaban J connectivity index is 2.09. The highest BCUT2D eigenvalue weighted by molar-refractivity contribution is 5.28. The van der Waals surface area contributed by atoms with Crippen LogP contribution in [-0.4, -0.2) is 31.1 Å². The summed E-state index contributed by atoms with van der Waals surface area (Å²) in [5, 5.41) is 3.14. The lowest BCUT2D eigenvalue weighted by molar-refractivity contribution is 0.117. The predicted molar refractivity (Wildman–Crippen MR) is 75.4 cm³/mol. The van der Waals surface area contributed by atoms with Crippen molar-refractivity contribution in [2.45, 2.75) is 31.7 Å². The highest BCUT2D eigenvalue weighted by Crippen LogP contribution is 2.42. The molecule has 128 valence electrons. The van der Waals surface area contributed by atoms with Gasteiger partial charge in [-0.1, -0.05) is 12.8 Å². The van der Waals surface area contributed by atoms with E-state index in [9.17, 15) is 22.0 Å². The largest absolute Gasteiger partial charge is 0.314 e. The van der Waals surface area contributed by atoms with Crippen LogP contribution in [0.3, 0.4) is 0 Å². The van der Waals surface area contributed by atoms with E-state index < -0.39 is 40.7 Å². The number of hydrogen-bond donors (Lipinski definition) is 1. The van der Waals surface area contributed by atoms with Gasteiger partial charge in [0, 0.05) is 37.8 Å². The predicted octanol–water partition coefficient (Wildman–Crippen LogP) is 3.52. The van der Waals surface area contributed by atoms with E-state index in [1.54, 1.807) is 0 Å². The summed E-state index contributed by atoms with van der Waals surface area (Å²) in [6, 6.07) is -0.760. The van der Waals surface area contributed by atoms with Gasteiger partial charge in [0.05, 0.1) is 0 Å². The normalized spacial score (nSPS) is 21.8. The van der Waals surface area contributed by atoms with E-state index in [-0.39, 0.29) is 5.92 Å². The molecule has 2 nitrogen and oxygen atoms in total. The van der Waals surface area contributed by atoms with Gasteiger partial charge in [0.15, 0.2) is 23.3 Å². The molecular weight excluding hydrogens is 315 g/mol. The molecule has 1 heterocycles. The van der Waals surface area contributed by atoms with Crippen molar-refractivity contribution in [1.82, 2.24) is 10.2 Å². The Morgan fingerprint density at radius 1 is 0.783 bits per heavy atom. The Labute approximate surface area is 131 Å². The third kappa shape index (κ3) is 2.96. The van der Waals surface area contributed by atoms with Crippen molar-refractivity contribution in [3.05, 3.63) is 34.6 Å². The second kappa shape index (κ2) is 6.73. The minimum absolute atomic E-state index is 0.0821.